The molecule has 4 amide bonds. The van der Waals surface area contributed by atoms with Gasteiger partial charge in [-0.05, 0) is 42.9 Å². The second-order valence-corrected chi connectivity index (χ2v) is 7.75. The summed E-state index contributed by atoms with van der Waals surface area (Å²) in [4.78, 5) is 41.6. The van der Waals surface area contributed by atoms with Crippen LogP contribution in [-0.2, 0) is 9.59 Å². The van der Waals surface area contributed by atoms with Crippen LogP contribution in [0.15, 0.2) is 24.3 Å². The summed E-state index contributed by atoms with van der Waals surface area (Å²) in [6.45, 7) is 8.69. The summed E-state index contributed by atoms with van der Waals surface area (Å²) in [6, 6.07) is 6.16. The maximum absolute atomic E-state index is 13.2. The molecule has 6 nitrogen and oxygen atoms in total. The molecule has 3 rings (SSSR count). The first kappa shape index (κ1) is 19.4. The van der Waals surface area contributed by atoms with Crippen molar-refractivity contribution in [2.24, 2.45) is 5.92 Å². The summed E-state index contributed by atoms with van der Waals surface area (Å²) < 4.78 is 0. The van der Waals surface area contributed by atoms with E-state index in [0.29, 0.717) is 24.6 Å². The van der Waals surface area contributed by atoms with Gasteiger partial charge in [-0.1, -0.05) is 39.8 Å². The maximum atomic E-state index is 13.2. The Morgan fingerprint density at radius 2 is 1.78 bits per heavy atom. The van der Waals surface area contributed by atoms with Crippen LogP contribution in [0.2, 0.25) is 0 Å². The molecule has 2 heterocycles. The zero-order chi connectivity index (χ0) is 19.7. The molecule has 2 fully saturated rings. The number of nitrogens with one attached hydrogen (secondary N) is 1. The summed E-state index contributed by atoms with van der Waals surface area (Å²) in [6.07, 6.45) is 2.13. The first-order valence-electron chi connectivity index (χ1n) is 9.93. The fourth-order valence-corrected chi connectivity index (χ4v) is 4.08. The first-order valence-corrected chi connectivity index (χ1v) is 9.93. The van der Waals surface area contributed by atoms with E-state index >= 15 is 0 Å². The number of benzene rings is 1. The number of hydrogen-bond acceptors (Lipinski definition) is 3. The Kier molecular flexibility index (Phi) is 5.53. The molecule has 146 valence electrons. The van der Waals surface area contributed by atoms with Gasteiger partial charge in [-0.15, -0.1) is 0 Å². The van der Waals surface area contributed by atoms with E-state index < -0.39 is 12.1 Å². The molecule has 0 radical (unpaired) electrons. The van der Waals surface area contributed by atoms with Crippen LogP contribution in [0.3, 0.4) is 0 Å². The molecular formula is C21H29N3O3. The number of likely N-dealkylation sites (tertiary alicyclic amines) is 1. The van der Waals surface area contributed by atoms with Gasteiger partial charge in [-0.3, -0.25) is 9.59 Å². The van der Waals surface area contributed by atoms with Crippen molar-refractivity contribution < 1.29 is 14.4 Å². The van der Waals surface area contributed by atoms with Gasteiger partial charge in [0.1, 0.15) is 6.04 Å². The van der Waals surface area contributed by atoms with Gasteiger partial charge >= 0.3 is 6.03 Å². The Morgan fingerprint density at radius 3 is 2.33 bits per heavy atom. The smallest absolute Gasteiger partial charge is 0.329 e. The van der Waals surface area contributed by atoms with E-state index in [1.54, 1.807) is 17.0 Å². The lowest BCUT2D eigenvalue weighted by Crippen LogP contribution is -2.65. The minimum atomic E-state index is -0.611. The summed E-state index contributed by atoms with van der Waals surface area (Å²) >= 11 is 0. The highest BCUT2D eigenvalue weighted by Crippen LogP contribution is 2.30. The Morgan fingerprint density at radius 1 is 1.15 bits per heavy atom. The maximum Gasteiger partial charge on any atom is 0.329 e. The molecule has 0 saturated carbocycles. The van der Waals surface area contributed by atoms with Crippen molar-refractivity contribution in [2.45, 2.75) is 65.0 Å². The summed E-state index contributed by atoms with van der Waals surface area (Å²) in [5.74, 6) is 0.00944. The third-order valence-corrected chi connectivity index (χ3v) is 5.82. The number of rotatable bonds is 5. The topological polar surface area (TPSA) is 69.7 Å². The normalized spacial score (nSPS) is 22.4. The van der Waals surface area contributed by atoms with Crippen LogP contribution in [0.25, 0.3) is 0 Å². The molecular weight excluding hydrogens is 342 g/mol. The third kappa shape index (κ3) is 3.45. The largest absolute Gasteiger partial charge is 0.332 e. The minimum absolute atomic E-state index is 0.0205. The highest BCUT2D eigenvalue weighted by atomic mass is 16.2. The van der Waals surface area contributed by atoms with E-state index in [4.69, 9.17) is 0 Å². The minimum Gasteiger partial charge on any atom is -0.332 e. The molecule has 2 saturated heterocycles. The fourth-order valence-electron chi connectivity index (χ4n) is 4.08. The lowest BCUT2D eigenvalue weighted by Gasteiger charge is -2.37. The SMILES string of the molecule is CCC(CC)C(=O)N1CC[C@@H]2NC(=O)N(c3ccc(C(C)C)cc3)C(=O)[C@H]21. The van der Waals surface area contributed by atoms with Crippen LogP contribution in [0.1, 0.15) is 58.4 Å². The third-order valence-electron chi connectivity index (χ3n) is 5.82. The van der Waals surface area contributed by atoms with Gasteiger partial charge in [0, 0.05) is 12.5 Å². The summed E-state index contributed by atoms with van der Waals surface area (Å²) in [7, 11) is 0. The number of hydrogen-bond donors (Lipinski definition) is 1. The highest BCUT2D eigenvalue weighted by molar-refractivity contribution is 6.19. The van der Waals surface area contributed by atoms with Gasteiger partial charge in [-0.2, -0.15) is 0 Å². The van der Waals surface area contributed by atoms with Gasteiger partial charge in [0.2, 0.25) is 5.91 Å². The average molecular weight is 371 g/mol. The molecule has 2 aliphatic heterocycles. The number of fused-ring (bicyclic) bond motifs is 1. The van der Waals surface area contributed by atoms with Gasteiger partial charge in [0.05, 0.1) is 11.7 Å². The Balaban J connectivity index is 1.87. The average Bonchev–Trinajstić information content (AvgIpc) is 3.07. The molecule has 0 bridgehead atoms. The standard InChI is InChI=1S/C21H29N3O3/c1-5-14(6-2)19(25)23-12-11-17-18(23)20(26)24(21(27)22-17)16-9-7-15(8-10-16)13(3)4/h7-10,13-14,17-18H,5-6,11-12H2,1-4H3,(H,22,27)/t17-,18-/m0/s1. The van der Waals surface area contributed by atoms with Gasteiger partial charge in [0.15, 0.2) is 0 Å². The van der Waals surface area contributed by atoms with Crippen molar-refractivity contribution >= 4 is 23.5 Å². The van der Waals surface area contributed by atoms with Crippen molar-refractivity contribution in [3.05, 3.63) is 29.8 Å². The monoisotopic (exact) mass is 371 g/mol. The first-order chi connectivity index (χ1) is 12.9. The number of carbonyl (C=O) groups is 3. The van der Waals surface area contributed by atoms with E-state index in [0.717, 1.165) is 18.4 Å². The van der Waals surface area contributed by atoms with E-state index in [-0.39, 0.29) is 23.8 Å². The van der Waals surface area contributed by atoms with Crippen molar-refractivity contribution in [2.75, 3.05) is 11.4 Å². The van der Waals surface area contributed by atoms with E-state index in [9.17, 15) is 14.4 Å². The number of carbonyl (C=O) groups excluding carboxylic acids is 3. The molecule has 27 heavy (non-hydrogen) atoms. The lowest BCUT2D eigenvalue weighted by atomic mass is 9.99. The summed E-state index contributed by atoms with van der Waals surface area (Å²) in [5.41, 5.74) is 1.69. The molecule has 0 aromatic heterocycles. The van der Waals surface area contributed by atoms with Crippen LogP contribution >= 0.6 is 0 Å². The van der Waals surface area contributed by atoms with E-state index in [1.807, 2.05) is 26.0 Å². The summed E-state index contributed by atoms with van der Waals surface area (Å²) in [5, 5.41) is 2.93. The van der Waals surface area contributed by atoms with Crippen molar-refractivity contribution in [3.63, 3.8) is 0 Å². The van der Waals surface area contributed by atoms with E-state index in [1.165, 1.54) is 4.90 Å². The predicted molar refractivity (Wildman–Crippen MR) is 105 cm³/mol. The number of imide groups is 1. The zero-order valence-electron chi connectivity index (χ0n) is 16.6. The number of anilines is 1. The molecule has 1 aromatic rings. The Bertz CT molecular complexity index is 725. The quantitative estimate of drug-likeness (QED) is 0.864. The van der Waals surface area contributed by atoms with Crippen molar-refractivity contribution in [1.29, 1.82) is 0 Å². The zero-order valence-corrected chi connectivity index (χ0v) is 16.6. The molecule has 0 unspecified atom stereocenters. The molecule has 6 heteroatoms. The number of urea groups is 1. The number of nitrogens with zero attached hydrogens (tertiary/aromatic N) is 2. The second-order valence-electron chi connectivity index (χ2n) is 7.75. The van der Waals surface area contributed by atoms with E-state index in [2.05, 4.69) is 19.2 Å². The van der Waals surface area contributed by atoms with Crippen LogP contribution < -0.4 is 10.2 Å². The molecule has 0 spiro atoms. The van der Waals surface area contributed by atoms with Gasteiger partial charge in [-0.25, -0.2) is 9.69 Å². The predicted octanol–water partition coefficient (Wildman–Crippen LogP) is 3.27. The molecule has 1 N–H and O–H groups in total. The molecule has 2 atom stereocenters. The number of amides is 4. The van der Waals surface area contributed by atoms with Crippen molar-refractivity contribution in [1.82, 2.24) is 10.2 Å². The molecule has 2 aliphatic rings. The van der Waals surface area contributed by atoms with Gasteiger partial charge < -0.3 is 10.2 Å². The van der Waals surface area contributed by atoms with Gasteiger partial charge in [0.25, 0.3) is 5.91 Å². The molecule has 0 aliphatic carbocycles. The Labute approximate surface area is 160 Å². The van der Waals surface area contributed by atoms with Crippen LogP contribution in [-0.4, -0.2) is 41.4 Å². The van der Waals surface area contributed by atoms with Crippen LogP contribution in [0, 0.1) is 5.92 Å². The second kappa shape index (κ2) is 7.71. The highest BCUT2D eigenvalue weighted by Gasteiger charge is 2.50. The van der Waals surface area contributed by atoms with Crippen molar-refractivity contribution in [3.8, 4) is 0 Å². The fraction of sp³-hybridized carbons (Fsp3) is 0.571. The Hall–Kier alpha value is -2.37. The van der Waals surface area contributed by atoms with Crippen LogP contribution in [0.4, 0.5) is 10.5 Å². The lowest BCUT2D eigenvalue weighted by molar-refractivity contribution is -0.141. The van der Waals surface area contributed by atoms with Crippen LogP contribution in [0.5, 0.6) is 0 Å². The molecule has 1 aromatic carbocycles.